The molecule has 0 spiro atoms. The zero-order valence-electron chi connectivity index (χ0n) is 9.13. The van der Waals surface area contributed by atoms with Gasteiger partial charge in [-0.05, 0) is 31.8 Å². The molecule has 2 unspecified atom stereocenters. The molecule has 1 aliphatic rings. The van der Waals surface area contributed by atoms with Gasteiger partial charge in [0.15, 0.2) is 0 Å². The van der Waals surface area contributed by atoms with Gasteiger partial charge in [-0.1, -0.05) is 26.7 Å². The summed E-state index contributed by atoms with van der Waals surface area (Å²) in [6.45, 7) is 8.25. The molecule has 2 heteroatoms. The van der Waals surface area contributed by atoms with Gasteiger partial charge < -0.3 is 10.6 Å². The number of nitrogens with two attached hydrogens (primary N) is 1. The Labute approximate surface area is 82.5 Å². The lowest BCUT2D eigenvalue weighted by Crippen LogP contribution is -2.46. The zero-order chi connectivity index (χ0) is 9.68. The van der Waals surface area contributed by atoms with E-state index >= 15 is 0 Å². The maximum absolute atomic E-state index is 5.97. The van der Waals surface area contributed by atoms with Crippen LogP contribution in [-0.2, 0) is 0 Å². The number of likely N-dealkylation sites (tertiary alicyclic amines) is 1. The summed E-state index contributed by atoms with van der Waals surface area (Å²) >= 11 is 0. The minimum Gasteiger partial charge on any atom is -0.327 e. The van der Waals surface area contributed by atoms with Gasteiger partial charge in [-0.3, -0.25) is 0 Å². The van der Waals surface area contributed by atoms with E-state index in [0.717, 1.165) is 0 Å². The summed E-state index contributed by atoms with van der Waals surface area (Å²) in [6.07, 6.45) is 5.24. The molecule has 1 heterocycles. The van der Waals surface area contributed by atoms with E-state index in [2.05, 4.69) is 18.7 Å². The fraction of sp³-hybridized carbons (Fsp3) is 1.00. The summed E-state index contributed by atoms with van der Waals surface area (Å²) in [5, 5.41) is 0. The van der Waals surface area contributed by atoms with Gasteiger partial charge in [0.05, 0.1) is 0 Å². The number of piperidine rings is 1. The molecule has 0 radical (unpaired) electrons. The van der Waals surface area contributed by atoms with Crippen molar-refractivity contribution in [2.24, 2.45) is 11.7 Å². The Morgan fingerprint density at radius 2 is 2.15 bits per heavy atom. The first-order chi connectivity index (χ1) is 6.24. The molecule has 2 nitrogen and oxygen atoms in total. The van der Waals surface area contributed by atoms with Gasteiger partial charge in [0, 0.05) is 12.6 Å². The summed E-state index contributed by atoms with van der Waals surface area (Å²) in [5.74, 6) is 0.690. The highest BCUT2D eigenvalue weighted by Crippen LogP contribution is 2.15. The molecule has 0 saturated carbocycles. The second-order valence-electron chi connectivity index (χ2n) is 4.44. The van der Waals surface area contributed by atoms with Gasteiger partial charge in [-0.25, -0.2) is 0 Å². The van der Waals surface area contributed by atoms with Crippen LogP contribution in [-0.4, -0.2) is 30.6 Å². The van der Waals surface area contributed by atoms with Crippen molar-refractivity contribution < 1.29 is 0 Å². The smallest absolute Gasteiger partial charge is 0.00889 e. The topological polar surface area (TPSA) is 29.3 Å². The molecule has 0 amide bonds. The third-order valence-corrected chi connectivity index (χ3v) is 3.13. The first kappa shape index (κ1) is 11.0. The Kier molecular flexibility index (Phi) is 4.74. The molecule has 2 atom stereocenters. The van der Waals surface area contributed by atoms with E-state index in [1.165, 1.54) is 45.3 Å². The molecule has 1 saturated heterocycles. The molecule has 0 aromatic rings. The third kappa shape index (κ3) is 3.65. The number of nitrogens with zero attached hydrogens (tertiary/aromatic N) is 1. The minimum atomic E-state index is 0.447. The predicted octanol–water partition coefficient (Wildman–Crippen LogP) is 1.85. The average molecular weight is 184 g/mol. The van der Waals surface area contributed by atoms with E-state index in [0.29, 0.717) is 12.0 Å². The maximum atomic E-state index is 5.97. The van der Waals surface area contributed by atoms with Crippen molar-refractivity contribution in [1.29, 1.82) is 0 Å². The molecule has 1 fully saturated rings. The molecule has 0 bridgehead atoms. The number of rotatable bonds is 4. The Morgan fingerprint density at radius 3 is 2.77 bits per heavy atom. The third-order valence-electron chi connectivity index (χ3n) is 3.13. The Hall–Kier alpha value is -0.0800. The van der Waals surface area contributed by atoms with Crippen LogP contribution in [0.25, 0.3) is 0 Å². The molecule has 2 N–H and O–H groups in total. The van der Waals surface area contributed by atoms with E-state index in [4.69, 9.17) is 5.73 Å². The zero-order valence-corrected chi connectivity index (χ0v) is 9.13. The molecule has 13 heavy (non-hydrogen) atoms. The van der Waals surface area contributed by atoms with Gasteiger partial charge in [0.2, 0.25) is 0 Å². The summed E-state index contributed by atoms with van der Waals surface area (Å²) in [6, 6.07) is 0.447. The van der Waals surface area contributed by atoms with Crippen LogP contribution in [0.1, 0.15) is 39.5 Å². The SMILES string of the molecule is CCCCCN1CCC(N)C(C)C1. The molecular weight excluding hydrogens is 160 g/mol. The van der Waals surface area contributed by atoms with Gasteiger partial charge in [-0.15, -0.1) is 0 Å². The van der Waals surface area contributed by atoms with Crippen molar-refractivity contribution in [2.45, 2.75) is 45.6 Å². The molecule has 0 aromatic carbocycles. The molecular formula is C11H24N2. The highest BCUT2D eigenvalue weighted by molar-refractivity contribution is 4.79. The van der Waals surface area contributed by atoms with Gasteiger partial charge in [0.25, 0.3) is 0 Å². The van der Waals surface area contributed by atoms with E-state index < -0.39 is 0 Å². The largest absolute Gasteiger partial charge is 0.327 e. The average Bonchev–Trinajstić information content (AvgIpc) is 2.12. The van der Waals surface area contributed by atoms with Crippen LogP contribution >= 0.6 is 0 Å². The number of hydrogen-bond acceptors (Lipinski definition) is 2. The monoisotopic (exact) mass is 184 g/mol. The van der Waals surface area contributed by atoms with E-state index in [1.807, 2.05) is 0 Å². The highest BCUT2D eigenvalue weighted by Gasteiger charge is 2.22. The fourth-order valence-corrected chi connectivity index (χ4v) is 2.04. The second kappa shape index (κ2) is 5.61. The molecule has 0 aromatic heterocycles. The lowest BCUT2D eigenvalue weighted by atomic mass is 9.95. The van der Waals surface area contributed by atoms with Crippen molar-refractivity contribution in [3.63, 3.8) is 0 Å². The van der Waals surface area contributed by atoms with Gasteiger partial charge >= 0.3 is 0 Å². The van der Waals surface area contributed by atoms with E-state index in [1.54, 1.807) is 0 Å². The number of unbranched alkanes of at least 4 members (excludes halogenated alkanes) is 2. The van der Waals surface area contributed by atoms with Crippen LogP contribution in [0.4, 0.5) is 0 Å². The van der Waals surface area contributed by atoms with Crippen molar-refractivity contribution >= 4 is 0 Å². The van der Waals surface area contributed by atoms with E-state index in [9.17, 15) is 0 Å². The second-order valence-corrected chi connectivity index (χ2v) is 4.44. The van der Waals surface area contributed by atoms with Crippen LogP contribution in [0.2, 0.25) is 0 Å². The summed E-state index contributed by atoms with van der Waals surface area (Å²) < 4.78 is 0. The lowest BCUT2D eigenvalue weighted by Gasteiger charge is -2.35. The minimum absolute atomic E-state index is 0.447. The highest BCUT2D eigenvalue weighted by atomic mass is 15.1. The Bertz CT molecular complexity index is 136. The lowest BCUT2D eigenvalue weighted by molar-refractivity contribution is 0.162. The van der Waals surface area contributed by atoms with Crippen molar-refractivity contribution in [3.05, 3.63) is 0 Å². The number of hydrogen-bond donors (Lipinski definition) is 1. The van der Waals surface area contributed by atoms with Gasteiger partial charge in [0.1, 0.15) is 0 Å². The van der Waals surface area contributed by atoms with Crippen LogP contribution in [0.15, 0.2) is 0 Å². The Morgan fingerprint density at radius 1 is 1.38 bits per heavy atom. The summed E-state index contributed by atoms with van der Waals surface area (Å²) in [5.41, 5.74) is 5.97. The van der Waals surface area contributed by atoms with Crippen LogP contribution in [0.5, 0.6) is 0 Å². The van der Waals surface area contributed by atoms with Gasteiger partial charge in [-0.2, -0.15) is 0 Å². The summed E-state index contributed by atoms with van der Waals surface area (Å²) in [4.78, 5) is 2.57. The van der Waals surface area contributed by atoms with Crippen molar-refractivity contribution in [1.82, 2.24) is 4.90 Å². The maximum Gasteiger partial charge on any atom is 0.00889 e. The molecule has 1 rings (SSSR count). The summed E-state index contributed by atoms with van der Waals surface area (Å²) in [7, 11) is 0. The molecule has 1 aliphatic heterocycles. The quantitative estimate of drug-likeness (QED) is 0.676. The van der Waals surface area contributed by atoms with Crippen molar-refractivity contribution in [2.75, 3.05) is 19.6 Å². The van der Waals surface area contributed by atoms with Crippen molar-refractivity contribution in [3.8, 4) is 0 Å². The standard InChI is InChI=1S/C11H24N2/c1-3-4-5-7-13-8-6-11(12)10(2)9-13/h10-11H,3-9,12H2,1-2H3. The van der Waals surface area contributed by atoms with Crippen LogP contribution < -0.4 is 5.73 Å². The van der Waals surface area contributed by atoms with E-state index in [-0.39, 0.29) is 0 Å². The first-order valence-corrected chi connectivity index (χ1v) is 5.72. The molecule has 78 valence electrons. The predicted molar refractivity (Wildman–Crippen MR) is 57.7 cm³/mol. The Balaban J connectivity index is 2.14. The fourth-order valence-electron chi connectivity index (χ4n) is 2.04. The van der Waals surface area contributed by atoms with Crippen LogP contribution in [0, 0.1) is 5.92 Å². The normalized spacial score (nSPS) is 30.7. The first-order valence-electron chi connectivity index (χ1n) is 5.72. The molecule has 0 aliphatic carbocycles. The van der Waals surface area contributed by atoms with Crippen LogP contribution in [0.3, 0.4) is 0 Å².